The van der Waals surface area contributed by atoms with Crippen molar-refractivity contribution in [3.05, 3.63) is 65.7 Å². The number of rotatable bonds is 0. The van der Waals surface area contributed by atoms with Gasteiger partial charge in [0.2, 0.25) is 5.69 Å². The first kappa shape index (κ1) is 14.3. The number of nitrogens with zero attached hydrogens (tertiary/aromatic N) is 1. The summed E-state index contributed by atoms with van der Waals surface area (Å²) in [6, 6.07) is 17.4. The largest absolute Gasteiger partial charge is 0.455 e. The number of ether oxygens (including phenoxy) is 1. The van der Waals surface area contributed by atoms with E-state index in [1.54, 1.807) is 11.3 Å². The second kappa shape index (κ2) is 4.83. The lowest BCUT2D eigenvalue weighted by molar-refractivity contribution is -0.659. The molecule has 2 aromatic heterocycles. The molecule has 3 heteroatoms. The highest BCUT2D eigenvalue weighted by Gasteiger charge is 2.31. The van der Waals surface area contributed by atoms with Crippen molar-refractivity contribution in [1.29, 1.82) is 0 Å². The Balaban J connectivity index is 1.85. The summed E-state index contributed by atoms with van der Waals surface area (Å²) in [4.78, 5) is 0. The topological polar surface area (TPSA) is 13.1 Å². The summed E-state index contributed by atoms with van der Waals surface area (Å²) in [5.41, 5.74) is 3.76. The molecule has 0 amide bonds. The second-order valence-corrected chi connectivity index (χ2v) is 7.89. The minimum atomic E-state index is 0.958. The van der Waals surface area contributed by atoms with Crippen LogP contribution in [0, 0.1) is 6.92 Å². The summed E-state index contributed by atoms with van der Waals surface area (Å²) in [6.45, 7) is 2.23. The molecular weight excluding hydrogens is 338 g/mol. The molecule has 0 unspecified atom stereocenters. The highest BCUT2D eigenvalue weighted by atomic mass is 32.1. The highest BCUT2D eigenvalue weighted by Crippen LogP contribution is 2.50. The van der Waals surface area contributed by atoms with Crippen molar-refractivity contribution in [2.75, 3.05) is 0 Å². The number of aryl methyl sites for hydroxylation is 2. The van der Waals surface area contributed by atoms with Crippen molar-refractivity contribution < 1.29 is 9.30 Å². The quantitative estimate of drug-likeness (QED) is 0.237. The van der Waals surface area contributed by atoms with Crippen LogP contribution in [0.1, 0.15) is 5.56 Å². The van der Waals surface area contributed by atoms with E-state index in [4.69, 9.17) is 4.74 Å². The number of thiophene rings is 1. The molecular formula is C23H16NOS+. The first-order valence-electron chi connectivity index (χ1n) is 8.75. The van der Waals surface area contributed by atoms with Crippen LogP contribution in [0.3, 0.4) is 0 Å². The van der Waals surface area contributed by atoms with Crippen LogP contribution in [0.15, 0.2) is 60.1 Å². The van der Waals surface area contributed by atoms with E-state index in [9.17, 15) is 0 Å². The van der Waals surface area contributed by atoms with Crippen molar-refractivity contribution in [2.24, 2.45) is 7.05 Å². The molecule has 0 bridgehead atoms. The van der Waals surface area contributed by atoms with E-state index in [0.717, 1.165) is 11.5 Å². The molecule has 2 nitrogen and oxygen atoms in total. The maximum absolute atomic E-state index is 6.34. The number of fused-ring (bicyclic) bond motifs is 5. The van der Waals surface area contributed by atoms with Gasteiger partial charge in [0.05, 0.1) is 10.3 Å². The average Bonchev–Trinajstić information content (AvgIpc) is 3.07. The van der Waals surface area contributed by atoms with Gasteiger partial charge in [0, 0.05) is 11.4 Å². The summed E-state index contributed by atoms with van der Waals surface area (Å²) in [5, 5.41) is 8.48. The predicted octanol–water partition coefficient (Wildman–Crippen LogP) is 6.11. The zero-order valence-corrected chi connectivity index (χ0v) is 15.4. The van der Waals surface area contributed by atoms with Crippen LogP contribution in [0.4, 0.5) is 0 Å². The smallest absolute Gasteiger partial charge is 0.228 e. The Hall–Kier alpha value is -2.91. The van der Waals surface area contributed by atoms with Crippen molar-refractivity contribution in [2.45, 2.75) is 6.92 Å². The van der Waals surface area contributed by atoms with Crippen LogP contribution in [-0.4, -0.2) is 0 Å². The maximum Gasteiger partial charge on any atom is 0.228 e. The fraction of sp³-hybridized carbons (Fsp3) is 0.0870. The molecule has 3 heterocycles. The highest BCUT2D eigenvalue weighted by molar-refractivity contribution is 7.17. The van der Waals surface area contributed by atoms with Gasteiger partial charge in [0.25, 0.3) is 0 Å². The monoisotopic (exact) mass is 354 g/mol. The van der Waals surface area contributed by atoms with Crippen molar-refractivity contribution in [3.8, 4) is 22.8 Å². The van der Waals surface area contributed by atoms with Crippen molar-refractivity contribution >= 4 is 43.0 Å². The van der Waals surface area contributed by atoms with Gasteiger partial charge >= 0.3 is 0 Å². The predicted molar refractivity (Wildman–Crippen MR) is 108 cm³/mol. The lowest BCUT2D eigenvalue weighted by Gasteiger charge is -2.20. The fourth-order valence-electron chi connectivity index (χ4n) is 4.36. The summed E-state index contributed by atoms with van der Waals surface area (Å²) in [7, 11) is 2.12. The standard InChI is InChI=1S/C23H16NOS/c1-13-20-15(8-7-14-5-3-4-6-16(14)20)11-17-21(13)23-22-18(25-17)12-26-19(22)9-10-24(23)2/h3-12H,1-2H3/q+1. The average molecular weight is 354 g/mol. The van der Waals surface area contributed by atoms with E-state index < -0.39 is 0 Å². The van der Waals surface area contributed by atoms with E-state index in [-0.39, 0.29) is 0 Å². The summed E-state index contributed by atoms with van der Waals surface area (Å²) >= 11 is 1.75. The zero-order valence-electron chi connectivity index (χ0n) is 14.5. The molecule has 3 aromatic carbocycles. The number of hydrogen-bond donors (Lipinski definition) is 0. The molecule has 0 spiro atoms. The molecule has 5 aromatic rings. The van der Waals surface area contributed by atoms with Crippen LogP contribution in [0.5, 0.6) is 11.5 Å². The third-order valence-corrected chi connectivity index (χ3v) is 6.45. The first-order chi connectivity index (χ1) is 12.7. The normalized spacial score (nSPS) is 12.5. The van der Waals surface area contributed by atoms with Crippen LogP contribution >= 0.6 is 11.3 Å². The van der Waals surface area contributed by atoms with Gasteiger partial charge in [-0.25, -0.2) is 4.57 Å². The number of benzene rings is 3. The Bertz CT molecular complexity index is 1380. The minimum absolute atomic E-state index is 0.958. The van der Waals surface area contributed by atoms with Gasteiger partial charge in [-0.15, -0.1) is 11.3 Å². The van der Waals surface area contributed by atoms with E-state index in [2.05, 4.69) is 78.6 Å². The molecule has 6 rings (SSSR count). The molecule has 1 aliphatic heterocycles. The van der Waals surface area contributed by atoms with E-state index in [1.165, 1.54) is 48.5 Å². The molecule has 0 saturated heterocycles. The Labute approximate surface area is 154 Å². The molecule has 0 radical (unpaired) electrons. The fourth-order valence-corrected chi connectivity index (χ4v) is 5.22. The van der Waals surface area contributed by atoms with Gasteiger partial charge in [-0.05, 0) is 40.1 Å². The summed E-state index contributed by atoms with van der Waals surface area (Å²) in [6.07, 6.45) is 2.15. The van der Waals surface area contributed by atoms with E-state index in [1.807, 2.05) is 0 Å². The molecule has 124 valence electrons. The zero-order chi connectivity index (χ0) is 17.4. The molecule has 0 N–H and O–H groups in total. The van der Waals surface area contributed by atoms with Crippen LogP contribution in [0.25, 0.3) is 42.9 Å². The van der Waals surface area contributed by atoms with Crippen LogP contribution < -0.4 is 9.30 Å². The lowest BCUT2D eigenvalue weighted by atomic mass is 9.91. The third-order valence-electron chi connectivity index (χ3n) is 5.53. The molecule has 0 saturated carbocycles. The second-order valence-electron chi connectivity index (χ2n) is 6.98. The molecule has 1 aliphatic rings. The van der Waals surface area contributed by atoms with Crippen molar-refractivity contribution in [3.63, 3.8) is 0 Å². The van der Waals surface area contributed by atoms with Gasteiger partial charge in [-0.3, -0.25) is 0 Å². The van der Waals surface area contributed by atoms with E-state index >= 15 is 0 Å². The minimum Gasteiger partial charge on any atom is -0.455 e. The molecule has 0 atom stereocenters. The molecule has 26 heavy (non-hydrogen) atoms. The first-order valence-corrected chi connectivity index (χ1v) is 9.63. The van der Waals surface area contributed by atoms with Crippen molar-refractivity contribution in [1.82, 2.24) is 0 Å². The lowest BCUT2D eigenvalue weighted by Crippen LogP contribution is -2.31. The van der Waals surface area contributed by atoms with Gasteiger partial charge in [0.15, 0.2) is 11.9 Å². The Morgan fingerprint density at radius 1 is 0.923 bits per heavy atom. The van der Waals surface area contributed by atoms with Crippen LogP contribution in [-0.2, 0) is 7.05 Å². The number of pyridine rings is 1. The van der Waals surface area contributed by atoms with Gasteiger partial charge in [0.1, 0.15) is 18.2 Å². The van der Waals surface area contributed by atoms with Gasteiger partial charge in [-0.2, -0.15) is 0 Å². The Morgan fingerprint density at radius 2 is 1.77 bits per heavy atom. The van der Waals surface area contributed by atoms with Gasteiger partial charge < -0.3 is 4.74 Å². The van der Waals surface area contributed by atoms with Gasteiger partial charge in [-0.1, -0.05) is 36.4 Å². The van der Waals surface area contributed by atoms with E-state index in [0.29, 0.717) is 0 Å². The molecule has 0 fully saturated rings. The SMILES string of the molecule is Cc1c2c(cc3ccc4ccccc4c13)Oc1csc3cc[n+](C)c-2c13. The Kier molecular flexibility index (Phi) is 2.65. The number of hydrogen-bond acceptors (Lipinski definition) is 2. The maximum atomic E-state index is 6.34. The summed E-state index contributed by atoms with van der Waals surface area (Å²) in [5.74, 6) is 1.93. The Morgan fingerprint density at radius 3 is 2.69 bits per heavy atom. The van der Waals surface area contributed by atoms with Crippen LogP contribution in [0.2, 0.25) is 0 Å². The molecule has 0 aliphatic carbocycles. The number of aromatic nitrogens is 1. The summed E-state index contributed by atoms with van der Waals surface area (Å²) < 4.78 is 9.84. The third kappa shape index (κ3) is 1.68.